The molecule has 5 heteroatoms. The molecule has 0 amide bonds. The highest BCUT2D eigenvalue weighted by Gasteiger charge is 2.11. The van der Waals surface area contributed by atoms with Crippen LogP contribution in [0.3, 0.4) is 0 Å². The predicted octanol–water partition coefficient (Wildman–Crippen LogP) is 11.5. The number of unbranched alkanes of at least 4 members (excludes halogenated alkanes) is 2. The second kappa shape index (κ2) is 23.0. The van der Waals surface area contributed by atoms with Crippen molar-refractivity contribution in [1.82, 2.24) is 0 Å². The summed E-state index contributed by atoms with van der Waals surface area (Å²) in [6.45, 7) is 10.8. The maximum absolute atomic E-state index is 9.30. The maximum Gasteiger partial charge on any atom is 0.488 e. The van der Waals surface area contributed by atoms with Crippen molar-refractivity contribution in [3.05, 3.63) is 158 Å². The number of aryl methyl sites for hydroxylation is 4. The van der Waals surface area contributed by atoms with Gasteiger partial charge in [0.2, 0.25) is 0 Å². The fourth-order valence-electron chi connectivity index (χ4n) is 6.78. The number of rotatable bonds is 9. The summed E-state index contributed by atoms with van der Waals surface area (Å²) < 4.78 is 6.05. The van der Waals surface area contributed by atoms with Crippen LogP contribution in [0.15, 0.2) is 114 Å². The van der Waals surface area contributed by atoms with Crippen LogP contribution in [-0.4, -0.2) is 30.4 Å². The highest BCUT2D eigenvalue weighted by molar-refractivity contribution is 9.10. The van der Waals surface area contributed by atoms with E-state index in [9.17, 15) is 10.0 Å². The summed E-state index contributed by atoms with van der Waals surface area (Å²) in [7, 11) is -1.44. The monoisotopic (exact) mass is 818 g/mol. The van der Waals surface area contributed by atoms with E-state index in [1.165, 1.54) is 71.6 Å². The molecule has 6 aromatic rings. The molecular weight excluding hydrogens is 763 g/mol. The summed E-state index contributed by atoms with van der Waals surface area (Å²) in [5.41, 5.74) is 10.2. The first-order chi connectivity index (χ1) is 27.8. The summed E-state index contributed by atoms with van der Waals surface area (Å²) in [6, 6.07) is 37.5. The van der Waals surface area contributed by atoms with Gasteiger partial charge in [-0.05, 0) is 149 Å². The molecule has 0 aromatic heterocycles. The van der Waals surface area contributed by atoms with Crippen molar-refractivity contribution in [2.45, 2.75) is 91.9 Å². The second-order valence-electron chi connectivity index (χ2n) is 14.6. The van der Waals surface area contributed by atoms with Crippen LogP contribution in [0, 0.1) is 23.7 Å². The lowest BCUT2D eigenvalue weighted by Gasteiger charge is -2.06. The second-order valence-corrected chi connectivity index (χ2v) is 15.5. The van der Waals surface area contributed by atoms with Gasteiger partial charge in [0.05, 0.1) is 0 Å². The molecule has 7 rings (SSSR count). The van der Waals surface area contributed by atoms with Crippen molar-refractivity contribution >= 4 is 50.1 Å². The Labute approximate surface area is 350 Å². The van der Waals surface area contributed by atoms with Gasteiger partial charge >= 0.3 is 7.12 Å². The molecule has 0 spiro atoms. The molecule has 2 N–H and O–H groups in total. The number of fused-ring (bicyclic) bond motifs is 2. The quantitative estimate of drug-likeness (QED) is 0.113. The Balaban J connectivity index is 0.000000194. The Morgan fingerprint density at radius 1 is 0.544 bits per heavy atom. The van der Waals surface area contributed by atoms with Gasteiger partial charge in [-0.25, -0.2) is 0 Å². The summed E-state index contributed by atoms with van der Waals surface area (Å²) in [6.07, 6.45) is 11.8. The minimum absolute atomic E-state index is 0.497. The predicted molar refractivity (Wildman–Crippen MR) is 246 cm³/mol. The van der Waals surface area contributed by atoms with Gasteiger partial charge in [0, 0.05) is 39.9 Å². The van der Waals surface area contributed by atoms with E-state index in [0.29, 0.717) is 5.46 Å². The average Bonchev–Trinajstić information content (AvgIpc) is 3.84. The molecule has 1 saturated heterocycles. The molecule has 0 aliphatic carbocycles. The number of benzene rings is 6. The standard InChI is InChI=1S/C24H25BO2.C24H23Br.C4H8O/c1-3-5-6-18-7-10-21(20(4-2)15-18)11-8-19-9-12-23-17-24(25(26)27)14-13-22(23)16-19;1-3-5-6-18-7-10-21(20(4-2)15-18)11-8-19-9-12-23-17-24(25)14-13-22(23)16-19;1-2-4-5-3-1/h7,9-10,12-17,26-27H,3-6H2,1-2H3;7,9-10,12-17H,3-6H2,1-2H3;1-4H2. The third-order valence-electron chi connectivity index (χ3n) is 10.2. The average molecular weight is 820 g/mol. The Kier molecular flexibility index (Phi) is 17.5. The minimum atomic E-state index is -1.44. The van der Waals surface area contributed by atoms with Crippen LogP contribution < -0.4 is 5.46 Å². The first-order valence-electron chi connectivity index (χ1n) is 20.7. The van der Waals surface area contributed by atoms with E-state index in [1.807, 2.05) is 24.3 Å². The lowest BCUT2D eigenvalue weighted by atomic mass is 9.79. The van der Waals surface area contributed by atoms with E-state index in [4.69, 9.17) is 4.74 Å². The highest BCUT2D eigenvalue weighted by Crippen LogP contribution is 2.22. The molecule has 6 aromatic carbocycles. The SMILES string of the molecule is C1CCOC1.CCCCc1ccc(C#Cc2ccc3cc(B(O)O)ccc3c2)c(CC)c1.CCCCc1ccc(C#Cc2ccc3cc(Br)ccc3c2)c(CC)c1. The van der Waals surface area contributed by atoms with Crippen LogP contribution in [0.1, 0.15) is 111 Å². The van der Waals surface area contributed by atoms with Gasteiger partial charge in [0.25, 0.3) is 0 Å². The van der Waals surface area contributed by atoms with Crippen LogP contribution in [0.25, 0.3) is 21.5 Å². The molecule has 57 heavy (non-hydrogen) atoms. The van der Waals surface area contributed by atoms with Gasteiger partial charge in [-0.2, -0.15) is 0 Å². The van der Waals surface area contributed by atoms with E-state index in [1.54, 1.807) is 12.1 Å². The van der Waals surface area contributed by atoms with Crippen LogP contribution in [0.5, 0.6) is 0 Å². The Bertz CT molecular complexity index is 2350. The first kappa shape index (κ1) is 43.5. The first-order valence-corrected chi connectivity index (χ1v) is 21.5. The molecule has 292 valence electrons. The number of halogens is 1. The Hall–Kier alpha value is -4.62. The van der Waals surface area contributed by atoms with Crippen LogP contribution in [0.4, 0.5) is 0 Å². The van der Waals surface area contributed by atoms with Crippen LogP contribution >= 0.6 is 15.9 Å². The molecule has 0 atom stereocenters. The summed E-state index contributed by atoms with van der Waals surface area (Å²) in [5.74, 6) is 13.3. The molecule has 1 aliphatic heterocycles. The third-order valence-corrected chi connectivity index (χ3v) is 10.7. The molecule has 3 nitrogen and oxygen atoms in total. The third kappa shape index (κ3) is 13.5. The van der Waals surface area contributed by atoms with Gasteiger partial charge in [-0.3, -0.25) is 0 Å². The van der Waals surface area contributed by atoms with E-state index in [0.717, 1.165) is 76.4 Å². The lowest BCUT2D eigenvalue weighted by Crippen LogP contribution is -2.29. The van der Waals surface area contributed by atoms with Gasteiger partial charge in [-0.1, -0.05) is 141 Å². The molecule has 1 heterocycles. The molecule has 0 unspecified atom stereocenters. The van der Waals surface area contributed by atoms with Crippen molar-refractivity contribution in [3.8, 4) is 23.7 Å². The minimum Gasteiger partial charge on any atom is -0.423 e. The molecule has 1 aliphatic rings. The lowest BCUT2D eigenvalue weighted by molar-refractivity contribution is 0.198. The van der Waals surface area contributed by atoms with Crippen LogP contribution in [-0.2, 0) is 30.4 Å². The fraction of sp³-hybridized carbons (Fsp3) is 0.308. The Morgan fingerprint density at radius 3 is 1.47 bits per heavy atom. The van der Waals surface area contributed by atoms with Crippen LogP contribution in [0.2, 0.25) is 0 Å². The zero-order valence-electron chi connectivity index (χ0n) is 34.1. The summed E-state index contributed by atoms with van der Waals surface area (Å²) >= 11 is 3.52. The zero-order valence-corrected chi connectivity index (χ0v) is 35.7. The van der Waals surface area contributed by atoms with E-state index in [-0.39, 0.29) is 0 Å². The number of hydrogen-bond acceptors (Lipinski definition) is 3. The van der Waals surface area contributed by atoms with Gasteiger partial charge in [0.15, 0.2) is 0 Å². The van der Waals surface area contributed by atoms with Gasteiger partial charge in [-0.15, -0.1) is 0 Å². The number of hydrogen-bond donors (Lipinski definition) is 2. The van der Waals surface area contributed by atoms with Gasteiger partial charge in [0.1, 0.15) is 0 Å². The van der Waals surface area contributed by atoms with Crippen molar-refractivity contribution < 1.29 is 14.8 Å². The molecule has 0 bridgehead atoms. The highest BCUT2D eigenvalue weighted by atomic mass is 79.9. The molecular formula is C52H56BBrO3. The largest absolute Gasteiger partial charge is 0.488 e. The normalized spacial score (nSPS) is 11.7. The molecule has 1 fully saturated rings. The molecule has 0 saturated carbocycles. The topological polar surface area (TPSA) is 49.7 Å². The summed E-state index contributed by atoms with van der Waals surface area (Å²) in [4.78, 5) is 0. The van der Waals surface area contributed by atoms with Crippen molar-refractivity contribution in [2.24, 2.45) is 0 Å². The molecule has 0 radical (unpaired) electrons. The summed E-state index contributed by atoms with van der Waals surface area (Å²) in [5, 5.41) is 23.1. The van der Waals surface area contributed by atoms with Gasteiger partial charge < -0.3 is 14.8 Å². The van der Waals surface area contributed by atoms with E-state index < -0.39 is 7.12 Å². The zero-order chi connectivity index (χ0) is 40.4. The van der Waals surface area contributed by atoms with E-state index in [2.05, 4.69) is 140 Å². The number of ether oxygens (including phenoxy) is 1. The fourth-order valence-corrected chi connectivity index (χ4v) is 7.16. The van der Waals surface area contributed by atoms with Crippen molar-refractivity contribution in [1.29, 1.82) is 0 Å². The smallest absolute Gasteiger partial charge is 0.423 e. The van der Waals surface area contributed by atoms with Crippen molar-refractivity contribution in [3.63, 3.8) is 0 Å². The van der Waals surface area contributed by atoms with E-state index >= 15 is 0 Å². The Morgan fingerprint density at radius 2 is 1.02 bits per heavy atom. The van der Waals surface area contributed by atoms with Crippen molar-refractivity contribution in [2.75, 3.05) is 13.2 Å². The maximum atomic E-state index is 9.30.